The van der Waals surface area contributed by atoms with Crippen LogP contribution >= 0.6 is 22.6 Å². The van der Waals surface area contributed by atoms with E-state index in [2.05, 4.69) is 33.4 Å². The highest BCUT2D eigenvalue weighted by molar-refractivity contribution is 14.1. The zero-order valence-electron chi connectivity index (χ0n) is 11.2. The smallest absolute Gasteiger partial charge is 0.273 e. The minimum Gasteiger partial charge on any atom is -0.496 e. The van der Waals surface area contributed by atoms with Gasteiger partial charge in [-0.2, -0.15) is 0 Å². The van der Waals surface area contributed by atoms with Gasteiger partial charge in [-0.15, -0.1) is 0 Å². The molecule has 0 bridgehead atoms. The van der Waals surface area contributed by atoms with Crippen molar-refractivity contribution in [2.45, 2.75) is 0 Å². The zero-order valence-corrected chi connectivity index (χ0v) is 13.4. The number of hydrogen-bond donors (Lipinski definition) is 2. The molecule has 0 saturated carbocycles. The van der Waals surface area contributed by atoms with Gasteiger partial charge >= 0.3 is 0 Å². The number of halogens is 1. The molecule has 0 saturated heterocycles. The molecule has 0 aliphatic heterocycles. The van der Waals surface area contributed by atoms with Gasteiger partial charge in [0.25, 0.3) is 11.8 Å². The van der Waals surface area contributed by atoms with Crippen molar-refractivity contribution in [2.24, 2.45) is 0 Å². The van der Waals surface area contributed by atoms with Gasteiger partial charge in [-0.25, -0.2) is 0 Å². The third-order valence-corrected chi connectivity index (χ3v) is 3.70. The van der Waals surface area contributed by atoms with Crippen LogP contribution in [-0.4, -0.2) is 18.9 Å². The minimum absolute atomic E-state index is 0.350. The first kappa shape index (κ1) is 15.3. The summed E-state index contributed by atoms with van der Waals surface area (Å²) in [6.07, 6.45) is 0. The van der Waals surface area contributed by atoms with Crippen molar-refractivity contribution in [1.82, 2.24) is 10.9 Å². The Balaban J connectivity index is 2.05. The third-order valence-electron chi connectivity index (χ3n) is 2.76. The molecular formula is C15H13IN2O3. The Hall–Kier alpha value is -2.09. The molecule has 21 heavy (non-hydrogen) atoms. The molecule has 2 aromatic rings. The second-order valence-electron chi connectivity index (χ2n) is 4.09. The Bertz CT molecular complexity index is 673. The Morgan fingerprint density at radius 2 is 1.43 bits per heavy atom. The van der Waals surface area contributed by atoms with Gasteiger partial charge in [0, 0.05) is 3.57 Å². The molecule has 0 unspecified atom stereocenters. The molecule has 5 nitrogen and oxygen atoms in total. The zero-order chi connectivity index (χ0) is 15.2. The molecule has 2 N–H and O–H groups in total. The summed E-state index contributed by atoms with van der Waals surface area (Å²) in [6.45, 7) is 0. The summed E-state index contributed by atoms with van der Waals surface area (Å²) >= 11 is 2.06. The molecule has 0 spiro atoms. The van der Waals surface area contributed by atoms with Crippen molar-refractivity contribution in [3.8, 4) is 5.75 Å². The number of methoxy groups -OCH3 is 1. The first-order valence-corrected chi connectivity index (χ1v) is 7.19. The summed E-state index contributed by atoms with van der Waals surface area (Å²) in [4.78, 5) is 24.0. The Morgan fingerprint density at radius 3 is 2.05 bits per heavy atom. The topological polar surface area (TPSA) is 67.4 Å². The summed E-state index contributed by atoms with van der Waals surface area (Å²) in [5, 5.41) is 0. The van der Waals surface area contributed by atoms with Gasteiger partial charge in [-0.1, -0.05) is 24.3 Å². The maximum Gasteiger partial charge on any atom is 0.273 e. The van der Waals surface area contributed by atoms with Gasteiger partial charge in [-0.05, 0) is 46.9 Å². The van der Waals surface area contributed by atoms with Crippen molar-refractivity contribution < 1.29 is 14.3 Å². The van der Waals surface area contributed by atoms with Gasteiger partial charge in [0.15, 0.2) is 0 Å². The van der Waals surface area contributed by atoms with Gasteiger partial charge in [0.05, 0.1) is 18.2 Å². The molecule has 6 heteroatoms. The number of carbonyl (C=O) groups excluding carboxylic acids is 2. The summed E-state index contributed by atoms with van der Waals surface area (Å²) in [6, 6.07) is 13.9. The second kappa shape index (κ2) is 7.07. The second-order valence-corrected chi connectivity index (χ2v) is 5.25. The van der Waals surface area contributed by atoms with Crippen LogP contribution in [0, 0.1) is 3.57 Å². The summed E-state index contributed by atoms with van der Waals surface area (Å²) in [7, 11) is 1.48. The van der Waals surface area contributed by atoms with E-state index in [1.165, 1.54) is 7.11 Å². The van der Waals surface area contributed by atoms with Crippen LogP contribution in [0.25, 0.3) is 0 Å². The number of para-hydroxylation sites is 1. The molecule has 0 aliphatic rings. The highest BCUT2D eigenvalue weighted by Crippen LogP contribution is 2.16. The number of hydrogen-bond acceptors (Lipinski definition) is 3. The van der Waals surface area contributed by atoms with E-state index in [0.29, 0.717) is 16.9 Å². The molecule has 0 fully saturated rings. The fourth-order valence-corrected chi connectivity index (χ4v) is 2.36. The van der Waals surface area contributed by atoms with E-state index in [1.807, 2.05) is 12.1 Å². The maximum atomic E-state index is 12.0. The number of carbonyl (C=O) groups is 2. The first-order chi connectivity index (χ1) is 10.1. The molecule has 2 rings (SSSR count). The van der Waals surface area contributed by atoms with Crippen LogP contribution in [0.3, 0.4) is 0 Å². The van der Waals surface area contributed by atoms with E-state index >= 15 is 0 Å². The molecule has 2 aromatic carbocycles. The van der Waals surface area contributed by atoms with E-state index in [4.69, 9.17) is 4.74 Å². The normalized spacial score (nSPS) is 9.81. The number of hydrazine groups is 1. The van der Waals surface area contributed by atoms with Crippen LogP contribution in [-0.2, 0) is 0 Å². The van der Waals surface area contributed by atoms with Gasteiger partial charge < -0.3 is 4.74 Å². The summed E-state index contributed by atoms with van der Waals surface area (Å²) < 4.78 is 5.91. The summed E-state index contributed by atoms with van der Waals surface area (Å²) in [5.41, 5.74) is 5.62. The number of nitrogens with one attached hydrogen (secondary N) is 2. The van der Waals surface area contributed by atoms with Crippen LogP contribution in [0.4, 0.5) is 0 Å². The lowest BCUT2D eigenvalue weighted by Gasteiger charge is -2.10. The predicted octanol–water partition coefficient (Wildman–Crippen LogP) is 2.37. The Kier molecular flexibility index (Phi) is 5.15. The van der Waals surface area contributed by atoms with Crippen LogP contribution in [0.5, 0.6) is 5.75 Å². The van der Waals surface area contributed by atoms with E-state index in [9.17, 15) is 9.59 Å². The van der Waals surface area contributed by atoms with Gasteiger partial charge in [0.1, 0.15) is 5.75 Å². The number of amides is 2. The largest absolute Gasteiger partial charge is 0.496 e. The molecule has 0 heterocycles. The third kappa shape index (κ3) is 3.72. The Labute approximate surface area is 135 Å². The molecule has 2 amide bonds. The van der Waals surface area contributed by atoms with Crippen LogP contribution in [0.2, 0.25) is 0 Å². The highest BCUT2D eigenvalue weighted by Gasteiger charge is 2.14. The van der Waals surface area contributed by atoms with E-state index in [-0.39, 0.29) is 5.91 Å². The molecule has 0 aliphatic carbocycles. The maximum absolute atomic E-state index is 12.0. The highest BCUT2D eigenvalue weighted by atomic mass is 127. The SMILES string of the molecule is COc1ccccc1C(=O)NNC(=O)c1ccccc1I. The van der Waals surface area contributed by atoms with Gasteiger partial charge in [-0.3, -0.25) is 20.4 Å². The average Bonchev–Trinajstić information content (AvgIpc) is 2.52. The van der Waals surface area contributed by atoms with Crippen molar-refractivity contribution in [3.63, 3.8) is 0 Å². The lowest BCUT2D eigenvalue weighted by Crippen LogP contribution is -2.42. The predicted molar refractivity (Wildman–Crippen MR) is 87.1 cm³/mol. The molecule has 0 aromatic heterocycles. The van der Waals surface area contributed by atoms with Crippen molar-refractivity contribution in [1.29, 1.82) is 0 Å². The fourth-order valence-electron chi connectivity index (χ4n) is 1.73. The van der Waals surface area contributed by atoms with Crippen molar-refractivity contribution in [3.05, 3.63) is 63.2 Å². The lowest BCUT2D eigenvalue weighted by atomic mass is 10.2. The monoisotopic (exact) mass is 396 g/mol. The van der Waals surface area contributed by atoms with Crippen LogP contribution < -0.4 is 15.6 Å². The van der Waals surface area contributed by atoms with E-state index in [1.54, 1.807) is 36.4 Å². The molecule has 0 atom stereocenters. The average molecular weight is 396 g/mol. The molecule has 0 radical (unpaired) electrons. The first-order valence-electron chi connectivity index (χ1n) is 6.11. The van der Waals surface area contributed by atoms with E-state index < -0.39 is 5.91 Å². The standard InChI is InChI=1S/C15H13IN2O3/c1-21-13-9-5-3-7-11(13)15(20)18-17-14(19)10-6-2-4-8-12(10)16/h2-9H,1H3,(H,17,19)(H,18,20). The molecular weight excluding hydrogens is 383 g/mol. The summed E-state index contributed by atoms with van der Waals surface area (Å²) in [5.74, 6) is -0.367. The lowest BCUT2D eigenvalue weighted by molar-refractivity contribution is 0.0844. The fraction of sp³-hybridized carbons (Fsp3) is 0.0667. The number of benzene rings is 2. The quantitative estimate of drug-likeness (QED) is 0.619. The Morgan fingerprint density at radius 1 is 0.905 bits per heavy atom. The van der Waals surface area contributed by atoms with Crippen molar-refractivity contribution in [2.75, 3.05) is 7.11 Å². The molecule has 108 valence electrons. The number of rotatable bonds is 3. The van der Waals surface area contributed by atoms with Crippen LogP contribution in [0.15, 0.2) is 48.5 Å². The van der Waals surface area contributed by atoms with Crippen LogP contribution in [0.1, 0.15) is 20.7 Å². The number of ether oxygens (including phenoxy) is 1. The van der Waals surface area contributed by atoms with Crippen molar-refractivity contribution >= 4 is 34.4 Å². The minimum atomic E-state index is -0.438. The van der Waals surface area contributed by atoms with E-state index in [0.717, 1.165) is 3.57 Å². The van der Waals surface area contributed by atoms with Gasteiger partial charge in [0.2, 0.25) is 0 Å².